The zero-order valence-corrected chi connectivity index (χ0v) is 16.3. The molecule has 1 saturated heterocycles. The third-order valence-corrected chi connectivity index (χ3v) is 5.87. The number of likely N-dealkylation sites (tertiary alicyclic amines) is 1. The van der Waals surface area contributed by atoms with Gasteiger partial charge in [0.1, 0.15) is 0 Å². The second kappa shape index (κ2) is 7.82. The van der Waals surface area contributed by atoms with Crippen molar-refractivity contribution in [2.75, 3.05) is 13.1 Å². The first-order valence-corrected chi connectivity index (χ1v) is 9.97. The van der Waals surface area contributed by atoms with Gasteiger partial charge in [-0.3, -0.25) is 14.4 Å². The van der Waals surface area contributed by atoms with Gasteiger partial charge in [0.05, 0.1) is 11.8 Å². The number of carbonyl (C=O) groups excluding carboxylic acids is 1. The summed E-state index contributed by atoms with van der Waals surface area (Å²) in [4.78, 5) is 14.7. The molecule has 1 aromatic carbocycles. The van der Waals surface area contributed by atoms with Crippen LogP contribution in [0.4, 0.5) is 13.2 Å². The summed E-state index contributed by atoms with van der Waals surface area (Å²) in [5.74, 6) is 0.405. The molecular weight excluding hydrogens is 381 g/mol. The van der Waals surface area contributed by atoms with E-state index in [1.807, 2.05) is 19.4 Å². The lowest BCUT2D eigenvalue weighted by Gasteiger charge is -2.32. The SMILES string of the molecule is Cn1cc(C2CC2C(=O)NC2CCN(Cc3cccc(C(F)(F)F)c3)CC2)cn1. The average molecular weight is 406 g/mol. The molecule has 1 aromatic heterocycles. The molecule has 156 valence electrons. The molecule has 0 radical (unpaired) electrons. The summed E-state index contributed by atoms with van der Waals surface area (Å²) in [6.07, 6.45) is 1.97. The zero-order valence-electron chi connectivity index (χ0n) is 16.3. The number of nitrogens with one attached hydrogen (secondary N) is 1. The Hall–Kier alpha value is -2.35. The van der Waals surface area contributed by atoms with Crippen LogP contribution in [-0.4, -0.2) is 39.7 Å². The Labute approximate surface area is 167 Å². The van der Waals surface area contributed by atoms with E-state index >= 15 is 0 Å². The molecule has 29 heavy (non-hydrogen) atoms. The van der Waals surface area contributed by atoms with Gasteiger partial charge in [-0.05, 0) is 42.4 Å². The van der Waals surface area contributed by atoms with E-state index in [1.54, 1.807) is 10.7 Å². The number of aromatic nitrogens is 2. The maximum Gasteiger partial charge on any atom is 0.416 e. The van der Waals surface area contributed by atoms with Gasteiger partial charge in [0.15, 0.2) is 0 Å². The van der Waals surface area contributed by atoms with Crippen molar-refractivity contribution in [2.24, 2.45) is 13.0 Å². The van der Waals surface area contributed by atoms with Gasteiger partial charge in [-0.1, -0.05) is 18.2 Å². The summed E-state index contributed by atoms with van der Waals surface area (Å²) in [7, 11) is 1.87. The van der Waals surface area contributed by atoms with E-state index in [2.05, 4.69) is 15.3 Å². The van der Waals surface area contributed by atoms with Gasteiger partial charge in [-0.15, -0.1) is 0 Å². The molecule has 8 heteroatoms. The summed E-state index contributed by atoms with van der Waals surface area (Å²) in [6, 6.07) is 5.64. The molecule has 2 atom stereocenters. The van der Waals surface area contributed by atoms with Gasteiger partial charge in [0.2, 0.25) is 5.91 Å². The molecule has 2 aliphatic rings. The topological polar surface area (TPSA) is 50.2 Å². The Bertz CT molecular complexity index is 871. The minimum Gasteiger partial charge on any atom is -0.353 e. The number of aryl methyl sites for hydroxylation is 1. The van der Waals surface area contributed by atoms with Crippen LogP contribution in [0.25, 0.3) is 0 Å². The zero-order chi connectivity index (χ0) is 20.6. The van der Waals surface area contributed by atoms with Gasteiger partial charge >= 0.3 is 6.18 Å². The number of halogens is 3. The molecule has 0 spiro atoms. The number of hydrogen-bond acceptors (Lipinski definition) is 3. The number of alkyl halides is 3. The van der Waals surface area contributed by atoms with Crippen LogP contribution < -0.4 is 5.32 Å². The van der Waals surface area contributed by atoms with Gasteiger partial charge < -0.3 is 5.32 Å². The third kappa shape index (κ3) is 4.80. The van der Waals surface area contributed by atoms with E-state index in [0.29, 0.717) is 12.1 Å². The highest BCUT2D eigenvalue weighted by atomic mass is 19.4. The molecule has 1 amide bonds. The Morgan fingerprint density at radius 3 is 2.69 bits per heavy atom. The number of hydrogen-bond donors (Lipinski definition) is 1. The highest BCUT2D eigenvalue weighted by Crippen LogP contribution is 2.47. The molecule has 1 N–H and O–H groups in total. The molecule has 2 heterocycles. The highest BCUT2D eigenvalue weighted by Gasteiger charge is 2.45. The minimum absolute atomic E-state index is 0.0299. The second-order valence-electron chi connectivity index (χ2n) is 8.15. The predicted molar refractivity (Wildman–Crippen MR) is 102 cm³/mol. The summed E-state index contributed by atoms with van der Waals surface area (Å²) < 4.78 is 40.4. The lowest BCUT2D eigenvalue weighted by Crippen LogP contribution is -2.44. The number of benzene rings is 1. The van der Waals surface area contributed by atoms with Crippen molar-refractivity contribution >= 4 is 5.91 Å². The smallest absolute Gasteiger partial charge is 0.353 e. The molecule has 1 saturated carbocycles. The number of rotatable bonds is 5. The molecule has 1 aliphatic heterocycles. The van der Waals surface area contributed by atoms with Crippen molar-refractivity contribution in [3.8, 4) is 0 Å². The van der Waals surface area contributed by atoms with E-state index in [9.17, 15) is 18.0 Å². The largest absolute Gasteiger partial charge is 0.416 e. The fourth-order valence-electron chi connectivity index (χ4n) is 4.13. The van der Waals surface area contributed by atoms with Crippen LogP contribution in [-0.2, 0) is 24.6 Å². The standard InChI is InChI=1S/C21H25F3N4O/c1-27-13-15(11-25-27)18-10-19(18)20(29)26-17-5-7-28(8-6-17)12-14-3-2-4-16(9-14)21(22,23)24/h2-4,9,11,13,17-19H,5-8,10,12H2,1H3,(H,26,29). The predicted octanol–water partition coefficient (Wildman–Crippen LogP) is 3.32. The van der Waals surface area contributed by atoms with Crippen LogP contribution in [0.15, 0.2) is 36.7 Å². The first-order valence-electron chi connectivity index (χ1n) is 9.97. The number of piperidine rings is 1. The van der Waals surface area contributed by atoms with E-state index in [-0.39, 0.29) is 23.8 Å². The maximum atomic E-state index is 12.9. The van der Waals surface area contributed by atoms with E-state index in [0.717, 1.165) is 44.0 Å². The first-order chi connectivity index (χ1) is 13.8. The first kappa shape index (κ1) is 19.9. The van der Waals surface area contributed by atoms with E-state index in [4.69, 9.17) is 0 Å². The monoisotopic (exact) mass is 406 g/mol. The lowest BCUT2D eigenvalue weighted by atomic mass is 10.0. The van der Waals surface area contributed by atoms with E-state index in [1.165, 1.54) is 12.1 Å². The summed E-state index contributed by atoms with van der Waals surface area (Å²) in [5.41, 5.74) is 1.17. The third-order valence-electron chi connectivity index (χ3n) is 5.87. The van der Waals surface area contributed by atoms with Crippen molar-refractivity contribution in [1.82, 2.24) is 20.0 Å². The van der Waals surface area contributed by atoms with Crippen molar-refractivity contribution in [1.29, 1.82) is 0 Å². The van der Waals surface area contributed by atoms with Crippen LogP contribution in [0.2, 0.25) is 0 Å². The van der Waals surface area contributed by atoms with Gasteiger partial charge in [-0.2, -0.15) is 18.3 Å². The fraction of sp³-hybridized carbons (Fsp3) is 0.524. The molecule has 0 bridgehead atoms. The van der Waals surface area contributed by atoms with E-state index < -0.39 is 11.7 Å². The van der Waals surface area contributed by atoms with Crippen LogP contribution in [0.1, 0.15) is 41.9 Å². The number of carbonyl (C=O) groups is 1. The van der Waals surface area contributed by atoms with Crippen molar-refractivity contribution in [3.05, 3.63) is 53.3 Å². The number of nitrogens with zero attached hydrogens (tertiary/aromatic N) is 3. The molecule has 5 nitrogen and oxygen atoms in total. The summed E-state index contributed by atoms with van der Waals surface area (Å²) >= 11 is 0. The molecule has 2 unspecified atom stereocenters. The Morgan fingerprint density at radius 1 is 1.28 bits per heavy atom. The summed E-state index contributed by atoms with van der Waals surface area (Å²) in [5, 5.41) is 7.33. The number of amides is 1. The maximum absolute atomic E-state index is 12.9. The Balaban J connectivity index is 1.23. The van der Waals surface area contributed by atoms with Crippen molar-refractivity contribution in [2.45, 2.75) is 43.9 Å². The van der Waals surface area contributed by atoms with Crippen LogP contribution in [0, 0.1) is 5.92 Å². The summed E-state index contributed by atoms with van der Waals surface area (Å²) in [6.45, 7) is 2.02. The van der Waals surface area contributed by atoms with Crippen molar-refractivity contribution in [3.63, 3.8) is 0 Å². The lowest BCUT2D eigenvalue weighted by molar-refractivity contribution is -0.137. The van der Waals surface area contributed by atoms with Gasteiger partial charge in [-0.25, -0.2) is 0 Å². The quantitative estimate of drug-likeness (QED) is 0.829. The van der Waals surface area contributed by atoms with Gasteiger partial charge in [0.25, 0.3) is 0 Å². The Morgan fingerprint density at radius 2 is 2.03 bits per heavy atom. The van der Waals surface area contributed by atoms with Gasteiger partial charge in [0, 0.05) is 44.8 Å². The fourth-order valence-corrected chi connectivity index (χ4v) is 4.13. The highest BCUT2D eigenvalue weighted by molar-refractivity contribution is 5.83. The Kier molecular flexibility index (Phi) is 5.38. The van der Waals surface area contributed by atoms with Crippen molar-refractivity contribution < 1.29 is 18.0 Å². The average Bonchev–Trinajstić information content (AvgIpc) is 3.37. The molecular formula is C21H25F3N4O. The minimum atomic E-state index is -4.32. The molecule has 2 aromatic rings. The normalized spacial score (nSPS) is 23.2. The van der Waals surface area contributed by atoms with Crippen LogP contribution in [0.3, 0.4) is 0 Å². The molecule has 1 aliphatic carbocycles. The molecule has 2 fully saturated rings. The second-order valence-corrected chi connectivity index (χ2v) is 8.15. The molecule has 4 rings (SSSR count). The van der Waals surface area contributed by atoms with Crippen LogP contribution >= 0.6 is 0 Å². The van der Waals surface area contributed by atoms with Crippen LogP contribution in [0.5, 0.6) is 0 Å².